The smallest absolute Gasteiger partial charge is 0.251 e. The van der Waals surface area contributed by atoms with Crippen LogP contribution in [0.15, 0.2) is 36.4 Å². The van der Waals surface area contributed by atoms with E-state index in [9.17, 15) is 4.79 Å². The van der Waals surface area contributed by atoms with Crippen molar-refractivity contribution in [3.63, 3.8) is 0 Å². The molecule has 0 saturated heterocycles. The molecule has 0 atom stereocenters. The molecule has 1 aliphatic carbocycles. The summed E-state index contributed by atoms with van der Waals surface area (Å²) in [5, 5.41) is 3.22. The molecule has 1 N–H and O–H groups in total. The number of benzene rings is 2. The monoisotopic (exact) mass is 323 g/mol. The van der Waals surface area contributed by atoms with E-state index < -0.39 is 0 Å². The Labute approximate surface area is 141 Å². The number of rotatable bonds is 3. The highest BCUT2D eigenvalue weighted by molar-refractivity contribution is 5.95. The van der Waals surface area contributed by atoms with Gasteiger partial charge in [-0.2, -0.15) is 0 Å². The largest absolute Gasteiger partial charge is 0.486 e. The highest BCUT2D eigenvalue weighted by atomic mass is 16.6. The van der Waals surface area contributed by atoms with Gasteiger partial charge in [0.25, 0.3) is 5.91 Å². The van der Waals surface area contributed by atoms with Crippen LogP contribution in [0.3, 0.4) is 0 Å². The lowest BCUT2D eigenvalue weighted by atomic mass is 10.0. The maximum absolute atomic E-state index is 12.7. The molecule has 2 aliphatic rings. The Hall–Kier alpha value is -2.49. The molecule has 124 valence electrons. The summed E-state index contributed by atoms with van der Waals surface area (Å²) in [5.74, 6) is 1.53. The summed E-state index contributed by atoms with van der Waals surface area (Å²) < 4.78 is 11.2. The van der Waals surface area contributed by atoms with Crippen molar-refractivity contribution in [1.29, 1.82) is 0 Å². The summed E-state index contributed by atoms with van der Waals surface area (Å²) in [6, 6.07) is 11.8. The maximum Gasteiger partial charge on any atom is 0.251 e. The molecule has 1 fully saturated rings. The van der Waals surface area contributed by atoms with E-state index in [0.29, 0.717) is 18.8 Å². The van der Waals surface area contributed by atoms with Gasteiger partial charge in [0.2, 0.25) is 0 Å². The van der Waals surface area contributed by atoms with E-state index in [2.05, 4.69) is 12.2 Å². The molecule has 1 aliphatic heterocycles. The van der Waals surface area contributed by atoms with Crippen molar-refractivity contribution in [1.82, 2.24) is 5.32 Å². The summed E-state index contributed by atoms with van der Waals surface area (Å²) in [7, 11) is 0. The minimum atomic E-state index is -0.272. The van der Waals surface area contributed by atoms with Crippen LogP contribution in [0.2, 0.25) is 0 Å². The normalized spacial score (nSPS) is 17.2. The fraction of sp³-hybridized carbons (Fsp3) is 0.350. The van der Waals surface area contributed by atoms with E-state index in [0.717, 1.165) is 35.5 Å². The Balaban J connectivity index is 1.57. The van der Waals surface area contributed by atoms with Crippen LogP contribution in [0.4, 0.5) is 0 Å². The van der Waals surface area contributed by atoms with Crippen molar-refractivity contribution < 1.29 is 14.3 Å². The number of amides is 1. The molecule has 1 amide bonds. The molecule has 4 heteroatoms. The van der Waals surface area contributed by atoms with Crippen molar-refractivity contribution in [3.8, 4) is 11.5 Å². The van der Waals surface area contributed by atoms with Crippen molar-refractivity contribution in [3.05, 3.63) is 58.7 Å². The lowest BCUT2D eigenvalue weighted by Crippen LogP contribution is -2.35. The quantitative estimate of drug-likeness (QED) is 0.940. The number of ether oxygens (including phenoxy) is 2. The van der Waals surface area contributed by atoms with E-state index in [-0.39, 0.29) is 11.4 Å². The maximum atomic E-state index is 12.7. The first kappa shape index (κ1) is 15.1. The Morgan fingerprint density at radius 3 is 2.42 bits per heavy atom. The minimum absolute atomic E-state index is 0.0227. The number of carbonyl (C=O) groups excluding carboxylic acids is 1. The number of aryl methyl sites for hydroxylation is 2. The molecule has 0 bridgehead atoms. The Kier molecular flexibility index (Phi) is 3.48. The van der Waals surface area contributed by atoms with E-state index in [1.807, 2.05) is 43.3 Å². The first-order chi connectivity index (χ1) is 11.6. The molecule has 4 nitrogen and oxygen atoms in total. The highest BCUT2D eigenvalue weighted by Gasteiger charge is 2.46. The summed E-state index contributed by atoms with van der Waals surface area (Å²) in [5.41, 5.74) is 3.85. The predicted molar refractivity (Wildman–Crippen MR) is 91.7 cm³/mol. The van der Waals surface area contributed by atoms with Crippen LogP contribution in [-0.4, -0.2) is 19.1 Å². The number of hydrogen-bond acceptors (Lipinski definition) is 3. The Morgan fingerprint density at radius 2 is 1.71 bits per heavy atom. The summed E-state index contributed by atoms with van der Waals surface area (Å²) >= 11 is 0. The standard InChI is InChI=1S/C20H21NO3/c1-13-3-4-15(11-14(13)2)19(22)21-20(7-8-20)16-5-6-17-18(12-16)24-10-9-23-17/h3-6,11-12H,7-10H2,1-2H3,(H,21,22). The molecule has 0 aromatic heterocycles. The highest BCUT2D eigenvalue weighted by Crippen LogP contribution is 2.48. The third-order valence-electron chi connectivity index (χ3n) is 4.97. The van der Waals surface area contributed by atoms with Gasteiger partial charge >= 0.3 is 0 Å². The second-order valence-electron chi connectivity index (χ2n) is 6.69. The van der Waals surface area contributed by atoms with Crippen molar-refractivity contribution in [2.75, 3.05) is 13.2 Å². The average molecular weight is 323 g/mol. The number of hydrogen-bond donors (Lipinski definition) is 1. The van der Waals surface area contributed by atoms with E-state index in [1.54, 1.807) is 0 Å². The van der Waals surface area contributed by atoms with Gasteiger partial charge in [0.15, 0.2) is 11.5 Å². The van der Waals surface area contributed by atoms with Crippen LogP contribution >= 0.6 is 0 Å². The van der Waals surface area contributed by atoms with Crippen LogP contribution < -0.4 is 14.8 Å². The van der Waals surface area contributed by atoms with E-state index >= 15 is 0 Å². The molecule has 0 radical (unpaired) electrons. The minimum Gasteiger partial charge on any atom is -0.486 e. The fourth-order valence-electron chi connectivity index (χ4n) is 3.12. The van der Waals surface area contributed by atoms with Crippen LogP contribution in [0.25, 0.3) is 0 Å². The second-order valence-corrected chi connectivity index (χ2v) is 6.69. The molecule has 2 aromatic carbocycles. The van der Waals surface area contributed by atoms with Gasteiger partial charge in [0, 0.05) is 5.56 Å². The van der Waals surface area contributed by atoms with Crippen molar-refractivity contribution in [2.45, 2.75) is 32.2 Å². The van der Waals surface area contributed by atoms with Gasteiger partial charge < -0.3 is 14.8 Å². The lowest BCUT2D eigenvalue weighted by molar-refractivity contribution is 0.0930. The summed E-state index contributed by atoms with van der Waals surface area (Å²) in [4.78, 5) is 12.7. The fourth-order valence-corrected chi connectivity index (χ4v) is 3.12. The molecule has 4 rings (SSSR count). The van der Waals surface area contributed by atoms with Gasteiger partial charge in [-0.15, -0.1) is 0 Å². The third kappa shape index (κ3) is 2.62. The van der Waals surface area contributed by atoms with Gasteiger partial charge in [-0.1, -0.05) is 12.1 Å². The molecule has 2 aromatic rings. The lowest BCUT2D eigenvalue weighted by Gasteiger charge is -2.23. The van der Waals surface area contributed by atoms with Gasteiger partial charge in [0.1, 0.15) is 13.2 Å². The number of nitrogens with one attached hydrogen (secondary N) is 1. The van der Waals surface area contributed by atoms with E-state index in [4.69, 9.17) is 9.47 Å². The molecule has 0 spiro atoms. The molecular weight excluding hydrogens is 302 g/mol. The van der Waals surface area contributed by atoms with Crippen LogP contribution in [0, 0.1) is 13.8 Å². The molecule has 1 saturated carbocycles. The average Bonchev–Trinajstić information content (AvgIpc) is 3.37. The zero-order chi connectivity index (χ0) is 16.7. The first-order valence-corrected chi connectivity index (χ1v) is 8.37. The first-order valence-electron chi connectivity index (χ1n) is 8.37. The third-order valence-corrected chi connectivity index (χ3v) is 4.97. The molecule has 24 heavy (non-hydrogen) atoms. The zero-order valence-corrected chi connectivity index (χ0v) is 14.0. The second kappa shape index (κ2) is 5.55. The van der Waals surface area contributed by atoms with Crippen LogP contribution in [0.5, 0.6) is 11.5 Å². The Bertz CT molecular complexity index is 809. The van der Waals surface area contributed by atoms with Crippen LogP contribution in [0.1, 0.15) is 39.9 Å². The summed E-state index contributed by atoms with van der Waals surface area (Å²) in [6.07, 6.45) is 1.90. The van der Waals surface area contributed by atoms with Gasteiger partial charge in [-0.25, -0.2) is 0 Å². The van der Waals surface area contributed by atoms with Crippen LogP contribution in [-0.2, 0) is 5.54 Å². The Morgan fingerprint density at radius 1 is 0.958 bits per heavy atom. The van der Waals surface area contributed by atoms with Gasteiger partial charge in [-0.3, -0.25) is 4.79 Å². The molecule has 0 unspecified atom stereocenters. The summed E-state index contributed by atoms with van der Waals surface area (Å²) in [6.45, 7) is 5.23. The van der Waals surface area contributed by atoms with E-state index in [1.165, 1.54) is 5.56 Å². The number of fused-ring (bicyclic) bond motifs is 1. The molecule has 1 heterocycles. The molecular formula is C20H21NO3. The van der Waals surface area contributed by atoms with Gasteiger partial charge in [-0.05, 0) is 67.6 Å². The zero-order valence-electron chi connectivity index (χ0n) is 14.0. The predicted octanol–water partition coefficient (Wildman–Crippen LogP) is 3.49. The number of carbonyl (C=O) groups is 1. The van der Waals surface area contributed by atoms with Crippen molar-refractivity contribution in [2.24, 2.45) is 0 Å². The van der Waals surface area contributed by atoms with Crippen molar-refractivity contribution >= 4 is 5.91 Å². The topological polar surface area (TPSA) is 47.6 Å². The van der Waals surface area contributed by atoms with Gasteiger partial charge in [0.05, 0.1) is 5.54 Å². The SMILES string of the molecule is Cc1ccc(C(=O)NC2(c3ccc4c(c3)OCCO4)CC2)cc1C.